The van der Waals surface area contributed by atoms with Gasteiger partial charge in [-0.15, -0.1) is 0 Å². The van der Waals surface area contributed by atoms with Crippen molar-refractivity contribution in [2.24, 2.45) is 0 Å². The third-order valence-electron chi connectivity index (χ3n) is 5.59. The number of hydrogen-bond donors (Lipinski definition) is 2. The van der Waals surface area contributed by atoms with Gasteiger partial charge in [-0.2, -0.15) is 0 Å². The second kappa shape index (κ2) is 16.4. The lowest BCUT2D eigenvalue weighted by Gasteiger charge is -2.15. The second-order valence-corrected chi connectivity index (χ2v) is 8.12. The third kappa shape index (κ3) is 11.4. The highest BCUT2D eigenvalue weighted by Gasteiger charge is 2.10. The summed E-state index contributed by atoms with van der Waals surface area (Å²) in [5.74, 6) is 0. The average molecular weight is 390 g/mol. The van der Waals surface area contributed by atoms with Gasteiger partial charge in [-0.1, -0.05) is 103 Å². The molecule has 0 saturated carbocycles. The van der Waals surface area contributed by atoms with E-state index in [1.54, 1.807) is 0 Å². The van der Waals surface area contributed by atoms with E-state index in [2.05, 4.69) is 25.2 Å². The van der Waals surface area contributed by atoms with Gasteiger partial charge in [0.15, 0.2) is 0 Å². The second-order valence-electron chi connectivity index (χ2n) is 8.12. The van der Waals surface area contributed by atoms with E-state index in [1.807, 2.05) is 12.1 Å². The van der Waals surface area contributed by atoms with Crippen LogP contribution in [0.25, 0.3) is 0 Å². The molecule has 0 aliphatic heterocycles. The maximum atomic E-state index is 11.2. The zero-order valence-corrected chi connectivity index (χ0v) is 18.4. The number of unbranched alkanes of at least 4 members (excludes halogenated alkanes) is 12. The van der Waals surface area contributed by atoms with Crippen molar-refractivity contribution in [3.05, 3.63) is 29.3 Å². The van der Waals surface area contributed by atoms with Gasteiger partial charge in [-0.3, -0.25) is 5.32 Å². The Morgan fingerprint density at radius 3 is 1.79 bits per heavy atom. The van der Waals surface area contributed by atoms with Gasteiger partial charge in [-0.25, -0.2) is 4.79 Å². The highest BCUT2D eigenvalue weighted by atomic mass is 16.4. The van der Waals surface area contributed by atoms with E-state index in [4.69, 9.17) is 0 Å². The largest absolute Gasteiger partial charge is 0.465 e. The number of benzene rings is 1. The van der Waals surface area contributed by atoms with Crippen LogP contribution in [0.1, 0.15) is 115 Å². The van der Waals surface area contributed by atoms with Gasteiger partial charge in [0.2, 0.25) is 0 Å². The van der Waals surface area contributed by atoms with Crippen molar-refractivity contribution in [2.75, 3.05) is 5.32 Å². The molecule has 3 nitrogen and oxygen atoms in total. The maximum Gasteiger partial charge on any atom is 0.409 e. The molecule has 2 N–H and O–H groups in total. The van der Waals surface area contributed by atoms with Crippen molar-refractivity contribution in [1.82, 2.24) is 0 Å². The first kappa shape index (κ1) is 24.5. The van der Waals surface area contributed by atoms with Gasteiger partial charge in [0.05, 0.1) is 0 Å². The molecule has 0 aliphatic carbocycles. The molecule has 1 rings (SSSR count). The standard InChI is InChI=1S/C25H43NO2/c1-3-5-7-9-11-13-15-18-22-19-17-21-24(26-25(27)28)23(22)20-16-14-12-10-8-6-4-2/h17,19,21,26H,3-16,18,20H2,1-2H3,(H,27,28). The Bertz CT molecular complexity index is 527. The fourth-order valence-corrected chi connectivity index (χ4v) is 3.93. The minimum atomic E-state index is -0.964. The molecule has 0 radical (unpaired) electrons. The Balaban J connectivity index is 2.51. The number of hydrogen-bond acceptors (Lipinski definition) is 1. The molecule has 160 valence electrons. The van der Waals surface area contributed by atoms with Crippen molar-refractivity contribution < 1.29 is 9.90 Å². The van der Waals surface area contributed by atoms with Crippen molar-refractivity contribution in [1.29, 1.82) is 0 Å². The molecule has 0 bridgehead atoms. The van der Waals surface area contributed by atoms with Crippen LogP contribution in [0.3, 0.4) is 0 Å². The lowest BCUT2D eigenvalue weighted by molar-refractivity contribution is 0.209. The van der Waals surface area contributed by atoms with Crippen LogP contribution in [-0.2, 0) is 12.8 Å². The molecule has 0 aromatic heterocycles. The molecule has 0 saturated heterocycles. The molecule has 3 heteroatoms. The third-order valence-corrected chi connectivity index (χ3v) is 5.59. The first-order valence-corrected chi connectivity index (χ1v) is 11.8. The van der Waals surface area contributed by atoms with Crippen LogP contribution in [0.15, 0.2) is 18.2 Å². The van der Waals surface area contributed by atoms with Crippen LogP contribution in [0.4, 0.5) is 10.5 Å². The molecule has 0 unspecified atom stereocenters. The topological polar surface area (TPSA) is 49.3 Å². The molecule has 0 atom stereocenters. The van der Waals surface area contributed by atoms with Crippen molar-refractivity contribution in [3.8, 4) is 0 Å². The SMILES string of the molecule is CCCCCCCCCc1cccc(NC(=O)O)c1CCCCCCCCC. The predicted molar refractivity (Wildman–Crippen MR) is 121 cm³/mol. The molecule has 1 amide bonds. The molecule has 1 aromatic rings. The zero-order chi connectivity index (χ0) is 20.5. The fraction of sp³-hybridized carbons (Fsp3) is 0.720. The Labute approximate surface area is 173 Å². The van der Waals surface area contributed by atoms with Gasteiger partial charge in [0.25, 0.3) is 0 Å². The van der Waals surface area contributed by atoms with E-state index >= 15 is 0 Å². The summed E-state index contributed by atoms with van der Waals surface area (Å²) in [4.78, 5) is 11.2. The Morgan fingerprint density at radius 2 is 1.25 bits per heavy atom. The first-order chi connectivity index (χ1) is 13.7. The minimum Gasteiger partial charge on any atom is -0.465 e. The summed E-state index contributed by atoms with van der Waals surface area (Å²) in [6, 6.07) is 6.11. The summed E-state index contributed by atoms with van der Waals surface area (Å²) in [6.45, 7) is 4.50. The van der Waals surface area contributed by atoms with Crippen LogP contribution >= 0.6 is 0 Å². The van der Waals surface area contributed by atoms with E-state index < -0.39 is 6.09 Å². The van der Waals surface area contributed by atoms with Gasteiger partial charge < -0.3 is 5.11 Å². The highest BCUT2D eigenvalue weighted by Crippen LogP contribution is 2.25. The molecule has 0 fully saturated rings. The van der Waals surface area contributed by atoms with Crippen molar-refractivity contribution in [3.63, 3.8) is 0 Å². The Morgan fingerprint density at radius 1 is 0.750 bits per heavy atom. The maximum absolute atomic E-state index is 11.2. The minimum absolute atomic E-state index is 0.791. The van der Waals surface area contributed by atoms with Gasteiger partial charge >= 0.3 is 6.09 Å². The summed E-state index contributed by atoms with van der Waals surface area (Å²) < 4.78 is 0. The van der Waals surface area contributed by atoms with Crippen molar-refractivity contribution in [2.45, 2.75) is 117 Å². The van der Waals surface area contributed by atoms with Crippen LogP contribution in [0.5, 0.6) is 0 Å². The number of nitrogens with one attached hydrogen (secondary N) is 1. The molecule has 0 spiro atoms. The molecule has 0 aliphatic rings. The van der Waals surface area contributed by atoms with Crippen molar-refractivity contribution >= 4 is 11.8 Å². The Kier molecular flexibility index (Phi) is 14.4. The molecule has 0 heterocycles. The number of carbonyl (C=O) groups is 1. The monoisotopic (exact) mass is 389 g/mol. The summed E-state index contributed by atoms with van der Waals surface area (Å²) in [5, 5.41) is 11.8. The lowest BCUT2D eigenvalue weighted by atomic mass is 9.94. The highest BCUT2D eigenvalue weighted by molar-refractivity contribution is 5.84. The average Bonchev–Trinajstić information content (AvgIpc) is 2.67. The zero-order valence-electron chi connectivity index (χ0n) is 18.4. The molecule has 28 heavy (non-hydrogen) atoms. The van der Waals surface area contributed by atoms with Gasteiger partial charge in [0.1, 0.15) is 0 Å². The molecular formula is C25H43NO2. The summed E-state index contributed by atoms with van der Waals surface area (Å²) in [7, 11) is 0. The van der Waals surface area contributed by atoms with Crippen LogP contribution in [0, 0.1) is 0 Å². The van der Waals surface area contributed by atoms with E-state index in [0.29, 0.717) is 0 Å². The smallest absolute Gasteiger partial charge is 0.409 e. The van der Waals surface area contributed by atoms with Crippen LogP contribution in [-0.4, -0.2) is 11.2 Å². The van der Waals surface area contributed by atoms with Crippen LogP contribution < -0.4 is 5.32 Å². The summed E-state index contributed by atoms with van der Waals surface area (Å²) >= 11 is 0. The number of rotatable bonds is 17. The van der Waals surface area contributed by atoms with E-state index in [-0.39, 0.29) is 0 Å². The van der Waals surface area contributed by atoms with E-state index in [1.165, 1.54) is 94.6 Å². The Hall–Kier alpha value is -1.51. The lowest BCUT2D eigenvalue weighted by Crippen LogP contribution is -2.11. The molecular weight excluding hydrogens is 346 g/mol. The number of amides is 1. The number of carboxylic acid groups (broad SMARTS) is 1. The summed E-state index contributed by atoms with van der Waals surface area (Å²) in [5.41, 5.74) is 3.36. The first-order valence-electron chi connectivity index (χ1n) is 11.8. The number of aryl methyl sites for hydroxylation is 1. The van der Waals surface area contributed by atoms with Crippen LogP contribution in [0.2, 0.25) is 0 Å². The summed E-state index contributed by atoms with van der Waals surface area (Å²) in [6.07, 6.45) is 19.2. The predicted octanol–water partition coefficient (Wildman–Crippen LogP) is 8.36. The van der Waals surface area contributed by atoms with Gasteiger partial charge in [-0.05, 0) is 42.9 Å². The fourth-order valence-electron chi connectivity index (χ4n) is 3.93. The normalized spacial score (nSPS) is 10.9. The molecule has 1 aromatic carbocycles. The van der Waals surface area contributed by atoms with E-state index in [9.17, 15) is 9.90 Å². The quantitative estimate of drug-likeness (QED) is 0.263. The van der Waals surface area contributed by atoms with E-state index in [0.717, 1.165) is 24.9 Å². The number of anilines is 1. The van der Waals surface area contributed by atoms with Gasteiger partial charge in [0, 0.05) is 5.69 Å².